The molecule has 1 amide bonds. The van der Waals surface area contributed by atoms with Gasteiger partial charge in [-0.1, -0.05) is 17.7 Å². The predicted octanol–water partition coefficient (Wildman–Crippen LogP) is 4.28. The third-order valence-electron chi connectivity index (χ3n) is 3.13. The van der Waals surface area contributed by atoms with Gasteiger partial charge in [0, 0.05) is 7.05 Å². The zero-order valence-corrected chi connectivity index (χ0v) is 14.8. The van der Waals surface area contributed by atoms with Crippen molar-refractivity contribution >= 4 is 33.2 Å². The Labute approximate surface area is 137 Å². The van der Waals surface area contributed by atoms with Crippen LogP contribution in [0.1, 0.15) is 20.8 Å². The van der Waals surface area contributed by atoms with Gasteiger partial charge in [-0.2, -0.15) is 0 Å². The van der Waals surface area contributed by atoms with Gasteiger partial charge in [0.25, 0.3) is 5.91 Å². The number of rotatable bonds is 5. The summed E-state index contributed by atoms with van der Waals surface area (Å²) in [6.07, 6.45) is 0. The van der Waals surface area contributed by atoms with Crippen LogP contribution in [-0.2, 0) is 0 Å². The van der Waals surface area contributed by atoms with E-state index in [0.717, 1.165) is 20.0 Å². The lowest BCUT2D eigenvalue weighted by molar-refractivity contribution is 0.0778. The predicted molar refractivity (Wildman–Crippen MR) is 90.4 cm³/mol. The van der Waals surface area contributed by atoms with E-state index in [0.29, 0.717) is 13.2 Å². The molecule has 0 saturated heterocycles. The maximum atomic E-state index is 12.3. The van der Waals surface area contributed by atoms with E-state index in [4.69, 9.17) is 4.74 Å². The summed E-state index contributed by atoms with van der Waals surface area (Å²) in [4.78, 5) is 14.7. The summed E-state index contributed by atoms with van der Waals surface area (Å²) in [5.41, 5.74) is 2.29. The lowest BCUT2D eigenvalue weighted by atomic mass is 10.2. The zero-order valence-electron chi connectivity index (χ0n) is 12.4. The van der Waals surface area contributed by atoms with Gasteiger partial charge in [0.05, 0.1) is 15.2 Å². The summed E-state index contributed by atoms with van der Waals surface area (Å²) in [6.45, 7) is 5.06. The smallest absolute Gasteiger partial charge is 0.263 e. The summed E-state index contributed by atoms with van der Waals surface area (Å²) in [6, 6.07) is 9.81. The van der Waals surface area contributed by atoms with Crippen LogP contribution in [0.2, 0.25) is 0 Å². The first kappa shape index (κ1) is 16.0. The minimum absolute atomic E-state index is 0.0290. The Bertz CT molecular complexity index is 602. The fourth-order valence-electron chi connectivity index (χ4n) is 1.79. The topological polar surface area (TPSA) is 29.5 Å². The molecule has 0 spiro atoms. The second kappa shape index (κ2) is 7.09. The molecule has 0 bridgehead atoms. The Morgan fingerprint density at radius 3 is 2.52 bits per heavy atom. The van der Waals surface area contributed by atoms with Gasteiger partial charge in [0.15, 0.2) is 0 Å². The van der Waals surface area contributed by atoms with Gasteiger partial charge in [-0.05, 0) is 53.5 Å². The lowest BCUT2D eigenvalue weighted by Gasteiger charge is -2.16. The highest BCUT2D eigenvalue weighted by Gasteiger charge is 2.15. The number of ether oxygens (including phenoxy) is 1. The summed E-state index contributed by atoms with van der Waals surface area (Å²) in [7, 11) is 1.80. The van der Waals surface area contributed by atoms with Gasteiger partial charge >= 0.3 is 0 Å². The second-order valence-electron chi connectivity index (χ2n) is 4.96. The molecule has 0 atom stereocenters. The number of hydrogen-bond donors (Lipinski definition) is 0. The fraction of sp³-hybridized carbons (Fsp3) is 0.312. The van der Waals surface area contributed by atoms with Gasteiger partial charge in [0.2, 0.25) is 0 Å². The fourth-order valence-corrected chi connectivity index (χ4v) is 3.32. The van der Waals surface area contributed by atoms with E-state index in [1.165, 1.54) is 16.9 Å². The van der Waals surface area contributed by atoms with Crippen LogP contribution in [0.15, 0.2) is 34.1 Å². The normalized spacial score (nSPS) is 10.5. The van der Waals surface area contributed by atoms with Crippen molar-refractivity contribution < 1.29 is 9.53 Å². The molecule has 0 fully saturated rings. The highest BCUT2D eigenvalue weighted by Crippen LogP contribution is 2.28. The maximum Gasteiger partial charge on any atom is 0.263 e. The van der Waals surface area contributed by atoms with Crippen LogP contribution in [0, 0.1) is 13.8 Å². The Morgan fingerprint density at radius 2 is 1.95 bits per heavy atom. The number of nitrogens with zero attached hydrogens (tertiary/aromatic N) is 1. The molecule has 2 rings (SSSR count). The lowest BCUT2D eigenvalue weighted by Crippen LogP contribution is -2.30. The second-order valence-corrected chi connectivity index (χ2v) is 7.33. The van der Waals surface area contributed by atoms with Gasteiger partial charge in [-0.3, -0.25) is 4.79 Å². The van der Waals surface area contributed by atoms with Crippen LogP contribution in [0.3, 0.4) is 0 Å². The number of thiophene rings is 1. The van der Waals surface area contributed by atoms with Crippen molar-refractivity contribution in [1.82, 2.24) is 4.90 Å². The quantitative estimate of drug-likeness (QED) is 0.789. The van der Waals surface area contributed by atoms with E-state index in [1.54, 1.807) is 11.9 Å². The van der Waals surface area contributed by atoms with E-state index in [9.17, 15) is 4.79 Å². The van der Waals surface area contributed by atoms with Crippen LogP contribution < -0.4 is 4.74 Å². The van der Waals surface area contributed by atoms with Crippen molar-refractivity contribution in [2.45, 2.75) is 13.8 Å². The van der Waals surface area contributed by atoms with E-state index >= 15 is 0 Å². The molecular formula is C16H18BrNO2S. The summed E-state index contributed by atoms with van der Waals surface area (Å²) in [5, 5.41) is 0. The van der Waals surface area contributed by atoms with Gasteiger partial charge in [-0.15, -0.1) is 11.3 Å². The summed E-state index contributed by atoms with van der Waals surface area (Å²) < 4.78 is 6.66. The summed E-state index contributed by atoms with van der Waals surface area (Å²) in [5.74, 6) is 0.859. The molecular weight excluding hydrogens is 350 g/mol. The van der Waals surface area contributed by atoms with Crippen LogP contribution >= 0.6 is 27.3 Å². The number of hydrogen-bond acceptors (Lipinski definition) is 3. The first-order chi connectivity index (χ1) is 9.97. The SMILES string of the molecule is Cc1ccc(OCCN(C)C(=O)c2cc(C)c(Br)s2)cc1. The third-order valence-corrected chi connectivity index (χ3v) is 5.26. The van der Waals surface area contributed by atoms with Gasteiger partial charge in [0.1, 0.15) is 12.4 Å². The monoisotopic (exact) mass is 367 g/mol. The van der Waals surface area contributed by atoms with E-state index in [2.05, 4.69) is 15.9 Å². The molecule has 0 aliphatic rings. The van der Waals surface area contributed by atoms with Crippen molar-refractivity contribution in [3.8, 4) is 5.75 Å². The Kier molecular flexibility index (Phi) is 5.42. The van der Waals surface area contributed by atoms with Crippen molar-refractivity contribution in [2.75, 3.05) is 20.2 Å². The first-order valence-corrected chi connectivity index (χ1v) is 8.29. The number of amides is 1. The minimum atomic E-state index is 0.0290. The molecule has 0 N–H and O–H groups in total. The Hall–Kier alpha value is -1.33. The van der Waals surface area contributed by atoms with Crippen molar-refractivity contribution in [3.63, 3.8) is 0 Å². The maximum absolute atomic E-state index is 12.3. The standard InChI is InChI=1S/C16H18BrNO2S/c1-11-4-6-13(7-5-11)20-9-8-18(3)16(19)14-10-12(2)15(17)21-14/h4-7,10H,8-9H2,1-3H3. The average Bonchev–Trinajstić information content (AvgIpc) is 2.80. The molecule has 3 nitrogen and oxygen atoms in total. The molecule has 0 radical (unpaired) electrons. The van der Waals surface area contributed by atoms with E-state index in [-0.39, 0.29) is 5.91 Å². The molecule has 0 aliphatic heterocycles. The highest BCUT2D eigenvalue weighted by atomic mass is 79.9. The van der Waals surface area contributed by atoms with Crippen molar-refractivity contribution in [3.05, 3.63) is 50.1 Å². The molecule has 0 aliphatic carbocycles. The average molecular weight is 368 g/mol. The number of carbonyl (C=O) groups excluding carboxylic acids is 1. The molecule has 2 aromatic rings. The zero-order chi connectivity index (χ0) is 15.4. The number of benzene rings is 1. The number of aryl methyl sites for hydroxylation is 2. The van der Waals surface area contributed by atoms with E-state index < -0.39 is 0 Å². The number of likely N-dealkylation sites (N-methyl/N-ethyl adjacent to an activating group) is 1. The molecule has 1 aromatic carbocycles. The highest BCUT2D eigenvalue weighted by molar-refractivity contribution is 9.11. The van der Waals surface area contributed by atoms with Gasteiger partial charge in [-0.25, -0.2) is 0 Å². The van der Waals surface area contributed by atoms with Crippen LogP contribution in [0.25, 0.3) is 0 Å². The third kappa shape index (κ3) is 4.32. The van der Waals surface area contributed by atoms with E-state index in [1.807, 2.05) is 44.2 Å². The van der Waals surface area contributed by atoms with Crippen molar-refractivity contribution in [2.24, 2.45) is 0 Å². The molecule has 0 saturated carbocycles. The molecule has 5 heteroatoms. The molecule has 1 heterocycles. The Morgan fingerprint density at radius 1 is 1.29 bits per heavy atom. The molecule has 112 valence electrons. The largest absolute Gasteiger partial charge is 0.492 e. The van der Waals surface area contributed by atoms with Crippen molar-refractivity contribution in [1.29, 1.82) is 0 Å². The first-order valence-electron chi connectivity index (χ1n) is 6.68. The Balaban J connectivity index is 1.85. The number of halogens is 1. The van der Waals surface area contributed by atoms with Crippen LogP contribution in [0.4, 0.5) is 0 Å². The van der Waals surface area contributed by atoms with Crippen LogP contribution in [-0.4, -0.2) is 31.0 Å². The summed E-state index contributed by atoms with van der Waals surface area (Å²) >= 11 is 4.91. The van der Waals surface area contributed by atoms with Crippen LogP contribution in [0.5, 0.6) is 5.75 Å². The molecule has 21 heavy (non-hydrogen) atoms. The molecule has 1 aromatic heterocycles. The van der Waals surface area contributed by atoms with Gasteiger partial charge < -0.3 is 9.64 Å². The molecule has 0 unspecified atom stereocenters. The minimum Gasteiger partial charge on any atom is -0.492 e. The number of carbonyl (C=O) groups is 1.